The third-order valence-corrected chi connectivity index (χ3v) is 3.15. The van der Waals surface area contributed by atoms with Crippen LogP contribution in [-0.2, 0) is 13.0 Å². The van der Waals surface area contributed by atoms with Gasteiger partial charge in [-0.15, -0.1) is 0 Å². The molecule has 0 atom stereocenters. The zero-order chi connectivity index (χ0) is 13.8. The molecule has 2 heterocycles. The summed E-state index contributed by atoms with van der Waals surface area (Å²) in [7, 11) is 1.99. The van der Waals surface area contributed by atoms with Crippen LogP contribution >= 0.6 is 0 Å². The maximum Gasteiger partial charge on any atom is 0.148 e. The summed E-state index contributed by atoms with van der Waals surface area (Å²) in [5.74, 6) is 7.96. The van der Waals surface area contributed by atoms with Crippen molar-refractivity contribution >= 4 is 11.6 Å². The van der Waals surface area contributed by atoms with Gasteiger partial charge in [0.1, 0.15) is 23.7 Å². The Labute approximate surface area is 112 Å². The average Bonchev–Trinajstić information content (AvgIpc) is 2.83. The van der Waals surface area contributed by atoms with E-state index in [4.69, 9.17) is 10.3 Å². The second-order valence-corrected chi connectivity index (χ2v) is 4.38. The molecule has 0 amide bonds. The molecule has 2 aromatic heterocycles. The van der Waals surface area contributed by atoms with Gasteiger partial charge in [0.05, 0.1) is 6.26 Å². The Kier molecular flexibility index (Phi) is 4.01. The lowest BCUT2D eigenvalue weighted by atomic mass is 10.2. The number of hydrogen-bond donors (Lipinski definition) is 2. The third-order valence-electron chi connectivity index (χ3n) is 3.15. The Bertz CT molecular complexity index is 552. The molecule has 0 spiro atoms. The summed E-state index contributed by atoms with van der Waals surface area (Å²) >= 11 is 0. The molecule has 2 aromatic rings. The molecule has 0 unspecified atom stereocenters. The minimum atomic E-state index is 0.670. The zero-order valence-corrected chi connectivity index (χ0v) is 11.5. The number of hydrogen-bond acceptors (Lipinski definition) is 6. The number of nitrogens with zero attached hydrogens (tertiary/aromatic N) is 3. The topological polar surface area (TPSA) is 80.2 Å². The van der Waals surface area contributed by atoms with Crippen LogP contribution in [0, 0.1) is 6.92 Å². The lowest BCUT2D eigenvalue weighted by Crippen LogP contribution is -2.21. The summed E-state index contributed by atoms with van der Waals surface area (Å²) < 4.78 is 5.31. The standard InChI is InChI=1S/C13H19N5O/c1-4-11-12(17-14)15-8-16-13(11)18(3)7-10-5-6-19-9(10)2/h5-6,8H,4,7,14H2,1-3H3,(H,15,16,17). The van der Waals surface area contributed by atoms with Gasteiger partial charge in [-0.2, -0.15) is 0 Å². The molecule has 0 saturated heterocycles. The highest BCUT2D eigenvalue weighted by atomic mass is 16.3. The van der Waals surface area contributed by atoms with E-state index in [1.165, 1.54) is 6.33 Å². The lowest BCUT2D eigenvalue weighted by molar-refractivity contribution is 0.529. The fourth-order valence-electron chi connectivity index (χ4n) is 2.09. The maximum atomic E-state index is 5.48. The minimum Gasteiger partial charge on any atom is -0.469 e. The Morgan fingerprint density at radius 1 is 1.42 bits per heavy atom. The number of anilines is 2. The van der Waals surface area contributed by atoms with Gasteiger partial charge in [-0.05, 0) is 19.4 Å². The first-order valence-corrected chi connectivity index (χ1v) is 6.22. The van der Waals surface area contributed by atoms with Gasteiger partial charge in [0.25, 0.3) is 0 Å². The van der Waals surface area contributed by atoms with Crippen LogP contribution in [-0.4, -0.2) is 17.0 Å². The van der Waals surface area contributed by atoms with Crippen molar-refractivity contribution in [3.63, 3.8) is 0 Å². The van der Waals surface area contributed by atoms with Gasteiger partial charge in [-0.3, -0.25) is 0 Å². The van der Waals surface area contributed by atoms with Crippen molar-refractivity contribution in [2.45, 2.75) is 26.8 Å². The fraction of sp³-hybridized carbons (Fsp3) is 0.385. The maximum absolute atomic E-state index is 5.48. The number of nitrogens with two attached hydrogens (primary N) is 1. The summed E-state index contributed by atoms with van der Waals surface area (Å²) in [4.78, 5) is 10.6. The summed E-state index contributed by atoms with van der Waals surface area (Å²) in [6.45, 7) is 4.74. The van der Waals surface area contributed by atoms with E-state index >= 15 is 0 Å². The minimum absolute atomic E-state index is 0.670. The predicted octanol–water partition coefficient (Wildman–Crippen LogP) is 1.86. The Hall–Kier alpha value is -2.08. The largest absolute Gasteiger partial charge is 0.469 e. The second kappa shape index (κ2) is 5.71. The van der Waals surface area contributed by atoms with Gasteiger partial charge in [-0.25, -0.2) is 15.8 Å². The van der Waals surface area contributed by atoms with Crippen LogP contribution in [0.1, 0.15) is 23.8 Å². The van der Waals surface area contributed by atoms with E-state index in [2.05, 4.69) is 27.2 Å². The summed E-state index contributed by atoms with van der Waals surface area (Å²) in [5.41, 5.74) is 4.77. The average molecular weight is 261 g/mol. The number of aryl methyl sites for hydroxylation is 1. The number of hydrazine groups is 1. The van der Waals surface area contributed by atoms with E-state index in [9.17, 15) is 0 Å². The quantitative estimate of drug-likeness (QED) is 0.631. The van der Waals surface area contributed by atoms with Crippen molar-refractivity contribution in [2.24, 2.45) is 5.84 Å². The number of aromatic nitrogens is 2. The highest BCUT2D eigenvalue weighted by Gasteiger charge is 2.14. The summed E-state index contributed by atoms with van der Waals surface area (Å²) in [6, 6.07) is 1.97. The van der Waals surface area contributed by atoms with E-state index in [0.717, 1.165) is 35.7 Å². The van der Waals surface area contributed by atoms with Gasteiger partial charge in [-0.1, -0.05) is 6.92 Å². The molecule has 6 nitrogen and oxygen atoms in total. The van der Waals surface area contributed by atoms with Gasteiger partial charge in [0, 0.05) is 24.7 Å². The van der Waals surface area contributed by atoms with E-state index < -0.39 is 0 Å². The molecule has 0 aliphatic rings. The number of nitrogen functional groups attached to an aromatic ring is 1. The SMILES string of the molecule is CCc1c(NN)ncnc1N(C)Cc1ccoc1C. The molecule has 0 fully saturated rings. The van der Waals surface area contributed by atoms with E-state index in [1.807, 2.05) is 20.0 Å². The van der Waals surface area contributed by atoms with Crippen LogP contribution in [0.5, 0.6) is 0 Å². The van der Waals surface area contributed by atoms with Crippen molar-refractivity contribution in [1.29, 1.82) is 0 Å². The Balaban J connectivity index is 2.28. The molecule has 0 aliphatic carbocycles. The number of rotatable bonds is 5. The van der Waals surface area contributed by atoms with Crippen molar-refractivity contribution < 1.29 is 4.42 Å². The van der Waals surface area contributed by atoms with Crippen LogP contribution < -0.4 is 16.2 Å². The molecule has 0 aliphatic heterocycles. The molecule has 19 heavy (non-hydrogen) atoms. The first-order chi connectivity index (χ1) is 9.17. The van der Waals surface area contributed by atoms with Gasteiger partial charge < -0.3 is 14.7 Å². The van der Waals surface area contributed by atoms with E-state index in [-0.39, 0.29) is 0 Å². The van der Waals surface area contributed by atoms with Crippen LogP contribution in [0.25, 0.3) is 0 Å². The van der Waals surface area contributed by atoms with Crippen LogP contribution in [0.15, 0.2) is 23.1 Å². The molecule has 0 radical (unpaired) electrons. The molecule has 0 bridgehead atoms. The monoisotopic (exact) mass is 261 g/mol. The molecule has 0 saturated carbocycles. The predicted molar refractivity (Wildman–Crippen MR) is 74.8 cm³/mol. The van der Waals surface area contributed by atoms with Crippen LogP contribution in [0.4, 0.5) is 11.6 Å². The third kappa shape index (κ3) is 2.68. The van der Waals surface area contributed by atoms with Gasteiger partial charge >= 0.3 is 0 Å². The molecule has 0 aromatic carbocycles. The zero-order valence-electron chi connectivity index (χ0n) is 11.5. The van der Waals surface area contributed by atoms with Crippen LogP contribution in [0.2, 0.25) is 0 Å². The lowest BCUT2D eigenvalue weighted by Gasteiger charge is -2.21. The molecule has 6 heteroatoms. The molecular weight excluding hydrogens is 242 g/mol. The normalized spacial score (nSPS) is 10.5. The Morgan fingerprint density at radius 3 is 2.79 bits per heavy atom. The molecule has 102 valence electrons. The van der Waals surface area contributed by atoms with E-state index in [1.54, 1.807) is 6.26 Å². The van der Waals surface area contributed by atoms with Crippen LogP contribution in [0.3, 0.4) is 0 Å². The van der Waals surface area contributed by atoms with E-state index in [0.29, 0.717) is 5.82 Å². The van der Waals surface area contributed by atoms with Crippen molar-refractivity contribution in [3.8, 4) is 0 Å². The smallest absolute Gasteiger partial charge is 0.148 e. The van der Waals surface area contributed by atoms with Crippen molar-refractivity contribution in [3.05, 3.63) is 35.5 Å². The first-order valence-electron chi connectivity index (χ1n) is 6.22. The number of furan rings is 1. The van der Waals surface area contributed by atoms with Crippen molar-refractivity contribution in [1.82, 2.24) is 9.97 Å². The fourth-order valence-corrected chi connectivity index (χ4v) is 2.09. The summed E-state index contributed by atoms with van der Waals surface area (Å²) in [6.07, 6.45) is 4.03. The van der Waals surface area contributed by atoms with Crippen molar-refractivity contribution in [2.75, 3.05) is 17.4 Å². The van der Waals surface area contributed by atoms with Gasteiger partial charge in [0.15, 0.2) is 0 Å². The molecule has 3 N–H and O–H groups in total. The highest BCUT2D eigenvalue weighted by molar-refractivity contribution is 5.58. The number of nitrogens with one attached hydrogen (secondary N) is 1. The van der Waals surface area contributed by atoms with Gasteiger partial charge in [0.2, 0.25) is 0 Å². The first kappa shape index (κ1) is 13.4. The Morgan fingerprint density at radius 2 is 2.21 bits per heavy atom. The molecular formula is C13H19N5O. The molecule has 2 rings (SSSR count). The second-order valence-electron chi connectivity index (χ2n) is 4.38. The highest BCUT2D eigenvalue weighted by Crippen LogP contribution is 2.24. The summed E-state index contributed by atoms with van der Waals surface area (Å²) in [5, 5.41) is 0.